The molecule has 0 N–H and O–H groups in total. The number of benzene rings is 1. The van der Waals surface area contributed by atoms with Crippen molar-refractivity contribution in [1.82, 2.24) is 14.0 Å². The minimum absolute atomic E-state index is 0.0890. The standard InChI is InChI=1S/C25H29N3O2/c1-3-7-22-18-13-19(23-10-6-11-24(29)28(22)23)15-27(14-18)16-20-12-17-8-4-5-9-21(17)26(2)25(20)30/h4-6,8-12,18-19,22H,3,7,13-16H2,1-2H3/t18-,19+,22-/m0/s1. The highest BCUT2D eigenvalue weighted by Gasteiger charge is 2.40. The van der Waals surface area contributed by atoms with E-state index in [-0.39, 0.29) is 17.2 Å². The van der Waals surface area contributed by atoms with Gasteiger partial charge in [0.05, 0.1) is 5.52 Å². The molecule has 156 valence electrons. The smallest absolute Gasteiger partial charge is 0.255 e. The molecule has 1 saturated heterocycles. The molecule has 5 rings (SSSR count). The molecule has 2 bridgehead atoms. The molecule has 0 aliphatic carbocycles. The van der Waals surface area contributed by atoms with Crippen LogP contribution < -0.4 is 11.1 Å². The van der Waals surface area contributed by atoms with Crippen LogP contribution in [-0.4, -0.2) is 27.1 Å². The van der Waals surface area contributed by atoms with Crippen molar-refractivity contribution in [3.63, 3.8) is 0 Å². The van der Waals surface area contributed by atoms with Crippen molar-refractivity contribution < 1.29 is 0 Å². The predicted octanol–water partition coefficient (Wildman–Crippen LogP) is 3.66. The van der Waals surface area contributed by atoms with E-state index in [9.17, 15) is 9.59 Å². The average molecular weight is 404 g/mol. The lowest BCUT2D eigenvalue weighted by Gasteiger charge is -2.47. The maximum absolute atomic E-state index is 13.0. The molecule has 2 aliphatic heterocycles. The van der Waals surface area contributed by atoms with E-state index in [4.69, 9.17) is 0 Å². The number of nitrogens with zero attached hydrogens (tertiary/aromatic N) is 3. The SMILES string of the molecule is CCC[C@H]1[C@H]2C[C@H](CN(Cc3cc4ccccc4n(C)c3=O)C2)c2cccc(=O)n21. The summed E-state index contributed by atoms with van der Waals surface area (Å²) in [6.45, 7) is 4.70. The molecule has 5 nitrogen and oxygen atoms in total. The number of hydrogen-bond donors (Lipinski definition) is 0. The van der Waals surface area contributed by atoms with Gasteiger partial charge in [0.2, 0.25) is 0 Å². The third-order valence-corrected chi connectivity index (χ3v) is 7.06. The van der Waals surface area contributed by atoms with Gasteiger partial charge in [-0.1, -0.05) is 37.6 Å². The summed E-state index contributed by atoms with van der Waals surface area (Å²) in [5, 5.41) is 1.10. The van der Waals surface area contributed by atoms with Crippen LogP contribution in [0.25, 0.3) is 10.9 Å². The van der Waals surface area contributed by atoms with E-state index in [1.54, 1.807) is 10.6 Å². The number of likely N-dealkylation sites (tertiary alicyclic amines) is 1. The Kier molecular flexibility index (Phi) is 4.86. The third-order valence-electron chi connectivity index (χ3n) is 7.06. The van der Waals surface area contributed by atoms with Crippen LogP contribution in [0.5, 0.6) is 0 Å². The molecule has 0 amide bonds. The van der Waals surface area contributed by atoms with Gasteiger partial charge < -0.3 is 9.13 Å². The Labute approximate surface area is 176 Å². The van der Waals surface area contributed by atoms with Crippen LogP contribution in [0.4, 0.5) is 0 Å². The largest absolute Gasteiger partial charge is 0.311 e. The van der Waals surface area contributed by atoms with E-state index in [1.807, 2.05) is 31.3 Å². The predicted molar refractivity (Wildman–Crippen MR) is 120 cm³/mol. The molecule has 30 heavy (non-hydrogen) atoms. The van der Waals surface area contributed by atoms with Crippen molar-refractivity contribution in [3.05, 3.63) is 80.5 Å². The number of para-hydroxylation sites is 1. The van der Waals surface area contributed by atoms with Gasteiger partial charge in [-0.3, -0.25) is 14.5 Å². The number of hydrogen-bond acceptors (Lipinski definition) is 3. The Hall–Kier alpha value is -2.66. The molecular weight excluding hydrogens is 374 g/mol. The number of fused-ring (bicyclic) bond motifs is 5. The lowest BCUT2D eigenvalue weighted by molar-refractivity contribution is 0.0814. The van der Waals surface area contributed by atoms with Crippen molar-refractivity contribution in [2.24, 2.45) is 13.0 Å². The zero-order chi connectivity index (χ0) is 20.8. The molecule has 3 atom stereocenters. The van der Waals surface area contributed by atoms with Crippen LogP contribution in [-0.2, 0) is 13.6 Å². The summed E-state index contributed by atoms with van der Waals surface area (Å²) in [5.74, 6) is 0.815. The van der Waals surface area contributed by atoms with E-state index in [2.05, 4.69) is 34.6 Å². The topological polar surface area (TPSA) is 47.2 Å². The summed E-state index contributed by atoms with van der Waals surface area (Å²) in [6.07, 6.45) is 3.23. The summed E-state index contributed by atoms with van der Waals surface area (Å²) < 4.78 is 3.85. The molecule has 4 heterocycles. The summed E-state index contributed by atoms with van der Waals surface area (Å²) in [5.41, 5.74) is 3.23. The maximum atomic E-state index is 13.0. The maximum Gasteiger partial charge on any atom is 0.255 e. The molecule has 0 spiro atoms. The van der Waals surface area contributed by atoms with Crippen molar-refractivity contribution in [2.45, 2.75) is 44.7 Å². The first kappa shape index (κ1) is 19.3. The quantitative estimate of drug-likeness (QED) is 0.668. The van der Waals surface area contributed by atoms with E-state index in [0.29, 0.717) is 18.4 Å². The molecule has 3 aromatic rings. The van der Waals surface area contributed by atoms with Gasteiger partial charge in [-0.25, -0.2) is 0 Å². The number of rotatable bonds is 4. The molecule has 0 unspecified atom stereocenters. The Balaban J connectivity index is 1.49. The van der Waals surface area contributed by atoms with Gasteiger partial charge in [-0.15, -0.1) is 0 Å². The fourth-order valence-corrected chi connectivity index (χ4v) is 5.77. The highest BCUT2D eigenvalue weighted by atomic mass is 16.1. The van der Waals surface area contributed by atoms with Crippen molar-refractivity contribution >= 4 is 10.9 Å². The summed E-state index contributed by atoms with van der Waals surface area (Å²) in [7, 11) is 1.86. The van der Waals surface area contributed by atoms with Gasteiger partial charge in [0, 0.05) is 56.0 Å². The molecule has 1 aromatic carbocycles. The highest BCUT2D eigenvalue weighted by Crippen LogP contribution is 2.43. The fourth-order valence-electron chi connectivity index (χ4n) is 5.77. The summed E-state index contributed by atoms with van der Waals surface area (Å²) in [6, 6.07) is 16.1. The average Bonchev–Trinajstić information content (AvgIpc) is 2.75. The molecule has 0 radical (unpaired) electrons. The molecule has 0 saturated carbocycles. The van der Waals surface area contributed by atoms with Gasteiger partial charge >= 0.3 is 0 Å². The van der Waals surface area contributed by atoms with Gasteiger partial charge in [0.1, 0.15) is 0 Å². The summed E-state index contributed by atoms with van der Waals surface area (Å²) >= 11 is 0. The van der Waals surface area contributed by atoms with E-state index >= 15 is 0 Å². The first-order valence-electron chi connectivity index (χ1n) is 11.1. The van der Waals surface area contributed by atoms with Crippen molar-refractivity contribution in [2.75, 3.05) is 13.1 Å². The van der Waals surface area contributed by atoms with Crippen LogP contribution >= 0.6 is 0 Å². The number of aryl methyl sites for hydroxylation is 1. The third kappa shape index (κ3) is 3.12. The second-order valence-electron chi connectivity index (χ2n) is 8.99. The zero-order valence-corrected chi connectivity index (χ0v) is 17.8. The molecule has 5 heteroatoms. The van der Waals surface area contributed by atoms with Crippen LogP contribution in [0.3, 0.4) is 0 Å². The fraction of sp³-hybridized carbons (Fsp3) is 0.440. The van der Waals surface area contributed by atoms with Crippen molar-refractivity contribution in [1.29, 1.82) is 0 Å². The van der Waals surface area contributed by atoms with E-state index < -0.39 is 0 Å². The molecule has 2 aliphatic rings. The van der Waals surface area contributed by atoms with Gasteiger partial charge in [-0.05, 0) is 42.3 Å². The summed E-state index contributed by atoms with van der Waals surface area (Å²) in [4.78, 5) is 28.1. The molecule has 2 aromatic heterocycles. The van der Waals surface area contributed by atoms with Crippen molar-refractivity contribution in [3.8, 4) is 0 Å². The van der Waals surface area contributed by atoms with Crippen LogP contribution in [0.2, 0.25) is 0 Å². The Bertz CT molecular complexity index is 1210. The first-order valence-corrected chi connectivity index (χ1v) is 11.1. The van der Waals surface area contributed by atoms with Gasteiger partial charge in [-0.2, -0.15) is 0 Å². The lowest BCUT2D eigenvalue weighted by Crippen LogP contribution is -2.49. The number of piperidine rings is 1. The molecule has 1 fully saturated rings. The highest BCUT2D eigenvalue weighted by molar-refractivity contribution is 5.79. The monoisotopic (exact) mass is 403 g/mol. The minimum Gasteiger partial charge on any atom is -0.311 e. The zero-order valence-electron chi connectivity index (χ0n) is 17.8. The van der Waals surface area contributed by atoms with Crippen LogP contribution in [0.1, 0.15) is 49.4 Å². The minimum atomic E-state index is 0.0890. The first-order chi connectivity index (χ1) is 14.6. The van der Waals surface area contributed by atoms with E-state index in [1.165, 1.54) is 5.69 Å². The Morgan fingerprint density at radius 3 is 2.70 bits per heavy atom. The van der Waals surface area contributed by atoms with Crippen LogP contribution in [0.15, 0.2) is 58.1 Å². The van der Waals surface area contributed by atoms with Crippen LogP contribution in [0, 0.1) is 5.92 Å². The molecular formula is C25H29N3O2. The number of aromatic nitrogens is 2. The van der Waals surface area contributed by atoms with E-state index in [0.717, 1.165) is 48.8 Å². The normalized spacial score (nSPS) is 23.5. The second-order valence-corrected chi connectivity index (χ2v) is 8.99. The van der Waals surface area contributed by atoms with Gasteiger partial charge in [0.15, 0.2) is 0 Å². The Morgan fingerprint density at radius 1 is 1.03 bits per heavy atom. The van der Waals surface area contributed by atoms with Gasteiger partial charge in [0.25, 0.3) is 11.1 Å². The second kappa shape index (κ2) is 7.55. The Morgan fingerprint density at radius 2 is 1.87 bits per heavy atom. The lowest BCUT2D eigenvalue weighted by atomic mass is 9.77. The number of pyridine rings is 2.